The van der Waals surface area contributed by atoms with E-state index in [-0.39, 0.29) is 0 Å². The van der Waals surface area contributed by atoms with Crippen molar-refractivity contribution in [3.05, 3.63) is 200 Å². The zero-order valence-electron chi connectivity index (χ0n) is 34.1. The molecule has 9 aromatic carbocycles. The predicted molar refractivity (Wildman–Crippen MR) is 265 cm³/mol. The Morgan fingerprint density at radius 1 is 0.375 bits per heavy atom. The minimum Gasteiger partial charge on any atom is -0.453 e. The van der Waals surface area contributed by atoms with Gasteiger partial charge in [-0.1, -0.05) is 146 Å². The molecule has 0 fully saturated rings. The van der Waals surface area contributed by atoms with Gasteiger partial charge in [-0.15, -0.1) is 11.3 Å². The van der Waals surface area contributed by atoms with Gasteiger partial charge in [-0.2, -0.15) is 0 Å². The number of hydrogen-bond donors (Lipinski definition) is 0. The van der Waals surface area contributed by atoms with Crippen molar-refractivity contribution in [1.29, 1.82) is 0 Å². The first-order valence-electron chi connectivity index (χ1n) is 21.4. The summed E-state index contributed by atoms with van der Waals surface area (Å²) in [6, 6.07) is 70.6. The lowest BCUT2D eigenvalue weighted by Gasteiger charge is -2.11. The average molecular weight is 836 g/mol. The van der Waals surface area contributed by atoms with Crippen LogP contribution in [0.25, 0.3) is 131 Å². The smallest absolute Gasteiger partial charge is 0.167 e. The molecule has 5 heterocycles. The molecule has 0 amide bonds. The molecule has 0 aliphatic carbocycles. The van der Waals surface area contributed by atoms with Gasteiger partial charge in [0.25, 0.3) is 0 Å². The number of rotatable bonds is 5. The highest BCUT2D eigenvalue weighted by Crippen LogP contribution is 2.45. The zero-order valence-corrected chi connectivity index (χ0v) is 34.9. The van der Waals surface area contributed by atoms with Gasteiger partial charge in [0.15, 0.2) is 23.1 Å². The van der Waals surface area contributed by atoms with E-state index in [1.807, 2.05) is 78.1 Å². The summed E-state index contributed by atoms with van der Waals surface area (Å²) in [4.78, 5) is 15.1. The van der Waals surface area contributed by atoms with E-state index in [1.54, 1.807) is 0 Å². The van der Waals surface area contributed by atoms with Gasteiger partial charge in [-0.3, -0.25) is 0 Å². The number of hydrogen-bond acceptors (Lipinski definition) is 5. The third-order valence-corrected chi connectivity index (χ3v) is 14.0. The van der Waals surface area contributed by atoms with Crippen molar-refractivity contribution in [3.63, 3.8) is 0 Å². The summed E-state index contributed by atoms with van der Waals surface area (Å²) >= 11 is 1.89. The van der Waals surface area contributed by atoms with E-state index in [9.17, 15) is 0 Å². The molecule has 5 aromatic heterocycles. The van der Waals surface area contributed by atoms with Crippen LogP contribution >= 0.6 is 11.3 Å². The Kier molecular flexibility index (Phi) is 7.46. The number of furan rings is 1. The summed E-state index contributed by atoms with van der Waals surface area (Å²) in [5.41, 5.74) is 10.9. The van der Waals surface area contributed by atoms with Crippen molar-refractivity contribution in [2.24, 2.45) is 0 Å². The van der Waals surface area contributed by atoms with Crippen molar-refractivity contribution < 1.29 is 4.42 Å². The summed E-state index contributed by atoms with van der Waals surface area (Å²) in [7, 11) is 0. The van der Waals surface area contributed by atoms with Crippen LogP contribution in [0.2, 0.25) is 0 Å². The van der Waals surface area contributed by atoms with Crippen LogP contribution in [0.3, 0.4) is 0 Å². The molecule has 0 N–H and O–H groups in total. The molecule has 0 radical (unpaired) electrons. The summed E-state index contributed by atoms with van der Waals surface area (Å²) in [5.74, 6) is 1.77. The summed E-state index contributed by atoms with van der Waals surface area (Å²) < 4.78 is 14.5. The molecule has 0 aliphatic heterocycles. The van der Waals surface area contributed by atoms with Crippen LogP contribution in [0.15, 0.2) is 205 Å². The molecule has 0 bridgehead atoms. The fourth-order valence-electron chi connectivity index (χ4n) is 9.96. The SMILES string of the molecule is c1ccc(-c2nc(-c3ccccc3)nc(-c3cccc4c3oc3c(-n5c6ccccc6c6cc(-n7c8ccccc8c8c9sc%10ccccc%10c9ccc87)ccc65)cccc34)n2)cc1. The van der Waals surface area contributed by atoms with E-state index in [2.05, 4.69) is 143 Å². The lowest BCUT2D eigenvalue weighted by Crippen LogP contribution is -2.00. The Morgan fingerprint density at radius 2 is 0.953 bits per heavy atom. The first-order chi connectivity index (χ1) is 31.7. The number of nitrogens with zero attached hydrogens (tertiary/aromatic N) is 5. The molecular weight excluding hydrogens is 803 g/mol. The van der Waals surface area contributed by atoms with E-state index in [0.29, 0.717) is 17.5 Å². The van der Waals surface area contributed by atoms with Gasteiger partial charge in [-0.25, -0.2) is 15.0 Å². The van der Waals surface area contributed by atoms with E-state index < -0.39 is 0 Å². The van der Waals surface area contributed by atoms with E-state index in [1.165, 1.54) is 52.8 Å². The van der Waals surface area contributed by atoms with Crippen LogP contribution in [-0.2, 0) is 0 Å². The van der Waals surface area contributed by atoms with Gasteiger partial charge < -0.3 is 13.6 Å². The number of aromatic nitrogens is 5. The molecule has 0 spiro atoms. The molecule has 7 heteroatoms. The Balaban J connectivity index is 0.975. The maximum absolute atomic E-state index is 7.09. The largest absolute Gasteiger partial charge is 0.453 e. The monoisotopic (exact) mass is 835 g/mol. The summed E-state index contributed by atoms with van der Waals surface area (Å²) in [6.07, 6.45) is 0. The van der Waals surface area contributed by atoms with E-state index in [0.717, 1.165) is 61.0 Å². The Bertz CT molecular complexity index is 4140. The van der Waals surface area contributed by atoms with Crippen LogP contribution in [-0.4, -0.2) is 24.1 Å². The van der Waals surface area contributed by atoms with Crippen molar-refractivity contribution in [3.8, 4) is 45.5 Å². The third-order valence-electron chi connectivity index (χ3n) is 12.8. The molecule has 0 unspecified atom stereocenters. The van der Waals surface area contributed by atoms with Crippen molar-refractivity contribution in [2.45, 2.75) is 0 Å². The number of para-hydroxylation sites is 4. The topological polar surface area (TPSA) is 61.7 Å². The molecule has 0 atom stereocenters. The minimum atomic E-state index is 0.557. The molecule has 298 valence electrons. The van der Waals surface area contributed by atoms with Gasteiger partial charge in [-0.05, 0) is 54.6 Å². The molecule has 0 saturated heterocycles. The Morgan fingerprint density at radius 3 is 1.72 bits per heavy atom. The first-order valence-corrected chi connectivity index (χ1v) is 22.3. The molecule has 14 aromatic rings. The van der Waals surface area contributed by atoms with Crippen LogP contribution < -0.4 is 0 Å². The second-order valence-electron chi connectivity index (χ2n) is 16.3. The molecule has 0 saturated carbocycles. The minimum absolute atomic E-state index is 0.557. The van der Waals surface area contributed by atoms with Crippen LogP contribution in [0.1, 0.15) is 0 Å². The molecular formula is C57H33N5OS. The molecule has 6 nitrogen and oxygen atoms in total. The van der Waals surface area contributed by atoms with Gasteiger partial charge in [0.1, 0.15) is 5.58 Å². The van der Waals surface area contributed by atoms with Crippen molar-refractivity contribution >= 4 is 97.1 Å². The van der Waals surface area contributed by atoms with E-state index >= 15 is 0 Å². The number of thiophene rings is 1. The number of fused-ring (bicyclic) bond motifs is 13. The highest BCUT2D eigenvalue weighted by Gasteiger charge is 2.23. The van der Waals surface area contributed by atoms with Gasteiger partial charge in [0, 0.05) is 69.3 Å². The quantitative estimate of drug-likeness (QED) is 0.173. The van der Waals surface area contributed by atoms with Gasteiger partial charge in [0.2, 0.25) is 0 Å². The standard InChI is InChI=1S/C57H33N5OS/c1-3-15-34(16-4-1)55-58-56(35-17-5-2-6-18-35)60-57(59-55)43-24-13-22-39-40-23-14-27-49(53(40)63-52(39)43)62-45-25-10-7-19-37(45)44-33-36(29-31-47(44)62)61-46-26-11-8-21-42(46)51-48(61)32-30-41-38-20-9-12-28-50(38)64-54(41)51/h1-33H. The maximum atomic E-state index is 7.09. The fraction of sp³-hybridized carbons (Fsp3) is 0. The lowest BCUT2D eigenvalue weighted by atomic mass is 10.1. The lowest BCUT2D eigenvalue weighted by molar-refractivity contribution is 0.667. The maximum Gasteiger partial charge on any atom is 0.167 e. The van der Waals surface area contributed by atoms with Crippen molar-refractivity contribution in [2.75, 3.05) is 0 Å². The summed E-state index contributed by atoms with van der Waals surface area (Å²) in [6.45, 7) is 0. The highest BCUT2D eigenvalue weighted by molar-refractivity contribution is 7.26. The molecule has 64 heavy (non-hydrogen) atoms. The Labute approximate surface area is 369 Å². The predicted octanol–water partition coefficient (Wildman–Crippen LogP) is 15.3. The van der Waals surface area contributed by atoms with E-state index in [4.69, 9.17) is 19.4 Å². The highest BCUT2D eigenvalue weighted by atomic mass is 32.1. The molecule has 14 rings (SSSR count). The van der Waals surface area contributed by atoms with Crippen LogP contribution in [0.5, 0.6) is 0 Å². The number of benzene rings is 9. The summed E-state index contributed by atoms with van der Waals surface area (Å²) in [5, 5.41) is 9.55. The third kappa shape index (κ3) is 5.10. The second-order valence-corrected chi connectivity index (χ2v) is 17.4. The van der Waals surface area contributed by atoms with Gasteiger partial charge in [0.05, 0.1) is 33.3 Å². The fourth-order valence-corrected chi connectivity index (χ4v) is 11.2. The zero-order chi connectivity index (χ0) is 41.9. The average Bonchev–Trinajstić information content (AvgIpc) is 4.12. The molecule has 0 aliphatic rings. The normalized spacial score (nSPS) is 12.1. The Hall–Kier alpha value is -8.39. The second kappa shape index (κ2) is 13.6. The van der Waals surface area contributed by atoms with Crippen molar-refractivity contribution in [1.82, 2.24) is 24.1 Å². The first kappa shape index (κ1) is 35.2. The van der Waals surface area contributed by atoms with Crippen LogP contribution in [0.4, 0.5) is 0 Å². The van der Waals surface area contributed by atoms with Gasteiger partial charge >= 0.3 is 0 Å². The van der Waals surface area contributed by atoms with Crippen LogP contribution in [0, 0.1) is 0 Å².